The number of carbonyl (C=O) groups is 1. The van der Waals surface area contributed by atoms with Gasteiger partial charge >= 0.3 is 0 Å². The number of nitrogens with zero attached hydrogens (tertiary/aromatic N) is 2. The van der Waals surface area contributed by atoms with E-state index in [1.165, 1.54) is 0 Å². The van der Waals surface area contributed by atoms with Crippen molar-refractivity contribution in [2.45, 2.75) is 13.0 Å². The van der Waals surface area contributed by atoms with Gasteiger partial charge in [0.15, 0.2) is 0 Å². The standard InChI is InChI=1S/C15H14BrClN2O/c1-10(11-4-3-5-13(17)8-11)19(2)15(20)12-6-7-14(16)18-9-12/h3-10H,1-2H3. The molecule has 0 saturated heterocycles. The van der Waals surface area contributed by atoms with Gasteiger partial charge in [0.2, 0.25) is 0 Å². The summed E-state index contributed by atoms with van der Waals surface area (Å²) in [5, 5.41) is 0.667. The predicted molar refractivity (Wildman–Crippen MR) is 83.9 cm³/mol. The summed E-state index contributed by atoms with van der Waals surface area (Å²) in [6, 6.07) is 11.0. The minimum absolute atomic E-state index is 0.0650. The molecule has 1 aromatic heterocycles. The van der Waals surface area contributed by atoms with E-state index in [4.69, 9.17) is 11.6 Å². The summed E-state index contributed by atoms with van der Waals surface area (Å²) in [6.45, 7) is 1.97. The van der Waals surface area contributed by atoms with Crippen molar-refractivity contribution < 1.29 is 4.79 Å². The molecule has 1 aromatic carbocycles. The first-order valence-corrected chi connectivity index (χ1v) is 7.30. The number of pyridine rings is 1. The zero-order chi connectivity index (χ0) is 14.7. The summed E-state index contributed by atoms with van der Waals surface area (Å²) < 4.78 is 0.708. The number of aromatic nitrogens is 1. The lowest BCUT2D eigenvalue weighted by Gasteiger charge is -2.25. The van der Waals surface area contributed by atoms with Gasteiger partial charge in [-0.3, -0.25) is 4.79 Å². The van der Waals surface area contributed by atoms with Gasteiger partial charge in [-0.1, -0.05) is 23.7 Å². The Morgan fingerprint density at radius 1 is 1.35 bits per heavy atom. The van der Waals surface area contributed by atoms with Crippen LogP contribution in [0.1, 0.15) is 28.9 Å². The molecule has 0 saturated carbocycles. The fourth-order valence-electron chi connectivity index (χ4n) is 1.87. The number of carbonyl (C=O) groups excluding carboxylic acids is 1. The van der Waals surface area contributed by atoms with Crippen LogP contribution in [0, 0.1) is 0 Å². The van der Waals surface area contributed by atoms with E-state index in [0.717, 1.165) is 5.56 Å². The van der Waals surface area contributed by atoms with Gasteiger partial charge < -0.3 is 4.90 Å². The SMILES string of the molecule is CC(c1cccc(Cl)c1)N(C)C(=O)c1ccc(Br)nc1. The molecule has 0 radical (unpaired) electrons. The van der Waals surface area contributed by atoms with E-state index in [0.29, 0.717) is 15.2 Å². The number of hydrogen-bond donors (Lipinski definition) is 0. The maximum atomic E-state index is 12.4. The van der Waals surface area contributed by atoms with Gasteiger partial charge in [0.05, 0.1) is 11.6 Å². The number of benzene rings is 1. The summed E-state index contributed by atoms with van der Waals surface area (Å²) >= 11 is 9.24. The molecule has 0 N–H and O–H groups in total. The molecule has 1 amide bonds. The zero-order valence-electron chi connectivity index (χ0n) is 11.2. The summed E-state index contributed by atoms with van der Waals surface area (Å²) in [7, 11) is 1.77. The van der Waals surface area contributed by atoms with Crippen LogP contribution >= 0.6 is 27.5 Å². The monoisotopic (exact) mass is 352 g/mol. The van der Waals surface area contributed by atoms with Crippen LogP contribution in [0.4, 0.5) is 0 Å². The van der Waals surface area contributed by atoms with Crippen LogP contribution in [0.2, 0.25) is 5.02 Å². The van der Waals surface area contributed by atoms with Crippen molar-refractivity contribution >= 4 is 33.4 Å². The smallest absolute Gasteiger partial charge is 0.255 e. The third kappa shape index (κ3) is 3.38. The van der Waals surface area contributed by atoms with Crippen LogP contribution in [0.5, 0.6) is 0 Å². The molecule has 0 aliphatic rings. The van der Waals surface area contributed by atoms with Crippen molar-refractivity contribution in [2.75, 3.05) is 7.05 Å². The van der Waals surface area contributed by atoms with E-state index in [2.05, 4.69) is 20.9 Å². The molecule has 3 nitrogen and oxygen atoms in total. The van der Waals surface area contributed by atoms with E-state index in [-0.39, 0.29) is 11.9 Å². The average Bonchev–Trinajstić information content (AvgIpc) is 2.46. The second-order valence-corrected chi connectivity index (χ2v) is 5.77. The summed E-state index contributed by atoms with van der Waals surface area (Å²) in [4.78, 5) is 18.1. The second kappa shape index (κ2) is 6.37. The van der Waals surface area contributed by atoms with Crippen molar-refractivity contribution in [1.29, 1.82) is 0 Å². The third-order valence-electron chi connectivity index (χ3n) is 3.21. The largest absolute Gasteiger partial charge is 0.335 e. The lowest BCUT2D eigenvalue weighted by molar-refractivity contribution is 0.0742. The lowest BCUT2D eigenvalue weighted by Crippen LogP contribution is -2.29. The van der Waals surface area contributed by atoms with Gasteiger partial charge in [0.25, 0.3) is 5.91 Å². The molecular weight excluding hydrogens is 340 g/mol. The molecular formula is C15H14BrClN2O. The van der Waals surface area contributed by atoms with E-state index in [1.54, 1.807) is 30.3 Å². The molecule has 5 heteroatoms. The Balaban J connectivity index is 2.20. The van der Waals surface area contributed by atoms with Gasteiger partial charge in [-0.25, -0.2) is 4.98 Å². The zero-order valence-corrected chi connectivity index (χ0v) is 13.5. The maximum absolute atomic E-state index is 12.4. The van der Waals surface area contributed by atoms with Crippen LogP contribution < -0.4 is 0 Å². The van der Waals surface area contributed by atoms with Crippen LogP contribution in [-0.2, 0) is 0 Å². The topological polar surface area (TPSA) is 33.2 Å². The Morgan fingerprint density at radius 2 is 2.10 bits per heavy atom. The molecule has 1 unspecified atom stereocenters. The summed E-state index contributed by atoms with van der Waals surface area (Å²) in [5.74, 6) is -0.0718. The van der Waals surface area contributed by atoms with Crippen LogP contribution in [-0.4, -0.2) is 22.8 Å². The van der Waals surface area contributed by atoms with Gasteiger partial charge in [-0.2, -0.15) is 0 Å². The summed E-state index contributed by atoms with van der Waals surface area (Å²) in [6.07, 6.45) is 1.56. The van der Waals surface area contributed by atoms with Gasteiger partial charge in [-0.15, -0.1) is 0 Å². The number of halogens is 2. The Kier molecular flexibility index (Phi) is 4.78. The molecule has 0 aliphatic heterocycles. The van der Waals surface area contributed by atoms with E-state index >= 15 is 0 Å². The molecule has 0 fully saturated rings. The minimum atomic E-state index is -0.0718. The molecule has 2 aromatic rings. The molecule has 0 aliphatic carbocycles. The molecule has 2 rings (SSSR count). The quantitative estimate of drug-likeness (QED) is 0.769. The van der Waals surface area contributed by atoms with Crippen molar-refractivity contribution in [3.8, 4) is 0 Å². The molecule has 0 spiro atoms. The maximum Gasteiger partial charge on any atom is 0.255 e. The number of rotatable bonds is 3. The highest BCUT2D eigenvalue weighted by Crippen LogP contribution is 2.23. The van der Waals surface area contributed by atoms with E-state index < -0.39 is 0 Å². The normalized spacial score (nSPS) is 12.0. The predicted octanol–water partition coefficient (Wildman–Crippen LogP) is 4.33. The lowest BCUT2D eigenvalue weighted by atomic mass is 10.1. The van der Waals surface area contributed by atoms with Crippen molar-refractivity contribution in [3.63, 3.8) is 0 Å². The first kappa shape index (κ1) is 15.0. The molecule has 1 heterocycles. The Labute approximate surface area is 131 Å². The van der Waals surface area contributed by atoms with Gasteiger partial charge in [0, 0.05) is 18.3 Å². The molecule has 1 atom stereocenters. The van der Waals surface area contributed by atoms with Gasteiger partial charge in [0.1, 0.15) is 4.60 Å². The molecule has 20 heavy (non-hydrogen) atoms. The van der Waals surface area contributed by atoms with Crippen molar-refractivity contribution in [1.82, 2.24) is 9.88 Å². The van der Waals surface area contributed by atoms with Crippen molar-refractivity contribution in [2.24, 2.45) is 0 Å². The van der Waals surface area contributed by atoms with E-state index in [9.17, 15) is 4.79 Å². The van der Waals surface area contributed by atoms with Crippen molar-refractivity contribution in [3.05, 3.63) is 63.3 Å². The van der Waals surface area contributed by atoms with Crippen LogP contribution in [0.3, 0.4) is 0 Å². The number of amides is 1. The highest BCUT2D eigenvalue weighted by atomic mass is 79.9. The fraction of sp³-hybridized carbons (Fsp3) is 0.200. The van der Waals surface area contributed by atoms with E-state index in [1.807, 2.05) is 31.2 Å². The first-order chi connectivity index (χ1) is 9.49. The minimum Gasteiger partial charge on any atom is -0.335 e. The Hall–Kier alpha value is -1.39. The second-order valence-electron chi connectivity index (χ2n) is 4.52. The average molecular weight is 354 g/mol. The Morgan fingerprint density at radius 3 is 2.70 bits per heavy atom. The first-order valence-electron chi connectivity index (χ1n) is 6.13. The Bertz CT molecular complexity index is 616. The molecule has 104 valence electrons. The number of hydrogen-bond acceptors (Lipinski definition) is 2. The van der Waals surface area contributed by atoms with Crippen LogP contribution in [0.25, 0.3) is 0 Å². The fourth-order valence-corrected chi connectivity index (χ4v) is 2.31. The highest BCUT2D eigenvalue weighted by Gasteiger charge is 2.19. The van der Waals surface area contributed by atoms with Crippen LogP contribution in [0.15, 0.2) is 47.2 Å². The molecule has 0 bridgehead atoms. The summed E-state index contributed by atoms with van der Waals surface area (Å²) in [5.41, 5.74) is 1.56. The highest BCUT2D eigenvalue weighted by molar-refractivity contribution is 9.10. The third-order valence-corrected chi connectivity index (χ3v) is 3.91. The van der Waals surface area contributed by atoms with Gasteiger partial charge in [-0.05, 0) is 52.7 Å².